The third-order valence-electron chi connectivity index (χ3n) is 2.80. The molecule has 0 saturated heterocycles. The SMILES string of the molecule is CCOc1ccc(NC(=O)C(N)CC(C)C)c([N+](=O)[O-])c1. The minimum absolute atomic E-state index is 0.118. The lowest BCUT2D eigenvalue weighted by molar-refractivity contribution is -0.384. The summed E-state index contributed by atoms with van der Waals surface area (Å²) in [4.78, 5) is 22.5. The Balaban J connectivity index is 2.92. The molecule has 1 amide bonds. The van der Waals surface area contributed by atoms with Gasteiger partial charge in [-0.2, -0.15) is 0 Å². The summed E-state index contributed by atoms with van der Waals surface area (Å²) in [5.74, 6) is 0.214. The van der Waals surface area contributed by atoms with Gasteiger partial charge in [0.25, 0.3) is 5.69 Å². The number of hydrogen-bond acceptors (Lipinski definition) is 5. The number of rotatable bonds is 7. The maximum absolute atomic E-state index is 11.9. The summed E-state index contributed by atoms with van der Waals surface area (Å²) < 4.78 is 5.21. The van der Waals surface area contributed by atoms with Crippen molar-refractivity contribution in [2.75, 3.05) is 11.9 Å². The number of nitrogens with one attached hydrogen (secondary N) is 1. The van der Waals surface area contributed by atoms with E-state index in [0.717, 1.165) is 0 Å². The van der Waals surface area contributed by atoms with Gasteiger partial charge >= 0.3 is 0 Å². The standard InChI is InChI=1S/C14H21N3O4/c1-4-21-10-5-6-12(13(8-10)17(19)20)16-14(18)11(15)7-9(2)3/h5-6,8-9,11H,4,7,15H2,1-3H3,(H,16,18). The summed E-state index contributed by atoms with van der Waals surface area (Å²) in [6.45, 7) is 6.09. The Hall–Kier alpha value is -2.15. The second-order valence-corrected chi connectivity index (χ2v) is 5.09. The van der Waals surface area contributed by atoms with Crippen molar-refractivity contribution in [3.63, 3.8) is 0 Å². The highest BCUT2D eigenvalue weighted by Gasteiger charge is 2.21. The van der Waals surface area contributed by atoms with Gasteiger partial charge in [-0.05, 0) is 31.4 Å². The first kappa shape index (κ1) is 16.9. The third kappa shape index (κ3) is 5.03. The van der Waals surface area contributed by atoms with E-state index in [1.54, 1.807) is 13.0 Å². The van der Waals surface area contributed by atoms with Crippen LogP contribution < -0.4 is 15.8 Å². The highest BCUT2D eigenvalue weighted by atomic mass is 16.6. The van der Waals surface area contributed by atoms with Crippen LogP contribution in [0.15, 0.2) is 18.2 Å². The summed E-state index contributed by atoms with van der Waals surface area (Å²) in [5, 5.41) is 13.6. The van der Waals surface area contributed by atoms with Crippen LogP contribution >= 0.6 is 0 Å². The van der Waals surface area contributed by atoms with E-state index in [-0.39, 0.29) is 17.3 Å². The molecule has 1 atom stereocenters. The predicted octanol–water partition coefficient (Wildman–Crippen LogP) is 2.31. The molecule has 1 aromatic rings. The van der Waals surface area contributed by atoms with Crippen LogP contribution in [-0.2, 0) is 4.79 Å². The Morgan fingerprint density at radius 3 is 2.67 bits per heavy atom. The van der Waals surface area contributed by atoms with E-state index in [4.69, 9.17) is 10.5 Å². The minimum atomic E-state index is -0.698. The Morgan fingerprint density at radius 1 is 1.48 bits per heavy atom. The monoisotopic (exact) mass is 295 g/mol. The normalized spacial score (nSPS) is 12.0. The van der Waals surface area contributed by atoms with Crippen molar-refractivity contribution in [3.05, 3.63) is 28.3 Å². The van der Waals surface area contributed by atoms with Crippen LogP contribution in [0.3, 0.4) is 0 Å². The van der Waals surface area contributed by atoms with Crippen molar-refractivity contribution in [2.45, 2.75) is 33.2 Å². The van der Waals surface area contributed by atoms with Crippen molar-refractivity contribution < 1.29 is 14.5 Å². The number of hydrogen-bond donors (Lipinski definition) is 2. The van der Waals surface area contributed by atoms with Crippen LogP contribution in [0.2, 0.25) is 0 Å². The summed E-state index contributed by atoms with van der Waals surface area (Å²) in [7, 11) is 0. The van der Waals surface area contributed by atoms with E-state index in [1.807, 2.05) is 13.8 Å². The number of nitrogens with two attached hydrogens (primary N) is 1. The van der Waals surface area contributed by atoms with Gasteiger partial charge in [-0.25, -0.2) is 0 Å². The largest absolute Gasteiger partial charge is 0.494 e. The molecule has 1 rings (SSSR count). The van der Waals surface area contributed by atoms with E-state index < -0.39 is 16.9 Å². The van der Waals surface area contributed by atoms with E-state index in [1.165, 1.54) is 12.1 Å². The molecule has 7 heteroatoms. The van der Waals surface area contributed by atoms with Crippen molar-refractivity contribution in [1.29, 1.82) is 0 Å². The molecule has 0 fully saturated rings. The molecule has 0 saturated carbocycles. The lowest BCUT2D eigenvalue weighted by Crippen LogP contribution is -2.36. The number of carbonyl (C=O) groups is 1. The highest BCUT2D eigenvalue weighted by molar-refractivity contribution is 5.96. The minimum Gasteiger partial charge on any atom is -0.494 e. The molecule has 0 radical (unpaired) electrons. The summed E-state index contributed by atoms with van der Waals surface area (Å²) >= 11 is 0. The Kier molecular flexibility index (Phi) is 6.10. The molecular formula is C14H21N3O4. The van der Waals surface area contributed by atoms with Crippen molar-refractivity contribution in [2.24, 2.45) is 11.7 Å². The molecule has 0 bridgehead atoms. The number of benzene rings is 1. The second kappa shape index (κ2) is 7.58. The zero-order valence-electron chi connectivity index (χ0n) is 12.5. The number of amides is 1. The van der Waals surface area contributed by atoms with Gasteiger partial charge in [0.05, 0.1) is 23.6 Å². The van der Waals surface area contributed by atoms with Gasteiger partial charge in [0.15, 0.2) is 0 Å². The Labute approximate surface area is 123 Å². The topological polar surface area (TPSA) is 107 Å². The molecule has 0 heterocycles. The smallest absolute Gasteiger partial charge is 0.296 e. The van der Waals surface area contributed by atoms with Crippen LogP contribution in [0, 0.1) is 16.0 Å². The Morgan fingerprint density at radius 2 is 2.14 bits per heavy atom. The van der Waals surface area contributed by atoms with Gasteiger partial charge < -0.3 is 15.8 Å². The number of nitro benzene ring substituents is 1. The van der Waals surface area contributed by atoms with Gasteiger partial charge in [-0.3, -0.25) is 14.9 Å². The average molecular weight is 295 g/mol. The van der Waals surface area contributed by atoms with Crippen LogP contribution in [0.5, 0.6) is 5.75 Å². The number of ether oxygens (including phenoxy) is 1. The van der Waals surface area contributed by atoms with Crippen molar-refractivity contribution in [1.82, 2.24) is 0 Å². The molecule has 0 aliphatic carbocycles. The number of nitrogens with zero attached hydrogens (tertiary/aromatic N) is 1. The fourth-order valence-corrected chi connectivity index (χ4v) is 1.86. The van der Waals surface area contributed by atoms with E-state index in [2.05, 4.69) is 5.32 Å². The van der Waals surface area contributed by atoms with Gasteiger partial charge in [0.2, 0.25) is 5.91 Å². The molecule has 21 heavy (non-hydrogen) atoms. The van der Waals surface area contributed by atoms with Crippen LogP contribution in [-0.4, -0.2) is 23.5 Å². The molecular weight excluding hydrogens is 274 g/mol. The van der Waals surface area contributed by atoms with Gasteiger partial charge in [-0.1, -0.05) is 13.8 Å². The zero-order chi connectivity index (χ0) is 16.0. The fraction of sp³-hybridized carbons (Fsp3) is 0.500. The van der Waals surface area contributed by atoms with E-state index in [0.29, 0.717) is 18.8 Å². The molecule has 0 aliphatic heterocycles. The lowest BCUT2D eigenvalue weighted by Gasteiger charge is -2.14. The zero-order valence-corrected chi connectivity index (χ0v) is 12.5. The number of carbonyl (C=O) groups excluding carboxylic acids is 1. The van der Waals surface area contributed by atoms with Crippen LogP contribution in [0.4, 0.5) is 11.4 Å². The molecule has 0 aromatic heterocycles. The molecule has 3 N–H and O–H groups in total. The maximum Gasteiger partial charge on any atom is 0.296 e. The first-order chi connectivity index (χ1) is 9.85. The molecule has 7 nitrogen and oxygen atoms in total. The summed E-state index contributed by atoms with van der Waals surface area (Å²) in [6, 6.07) is 3.60. The summed E-state index contributed by atoms with van der Waals surface area (Å²) in [6.07, 6.45) is 0.511. The first-order valence-corrected chi connectivity index (χ1v) is 6.82. The lowest BCUT2D eigenvalue weighted by atomic mass is 10.0. The molecule has 0 aliphatic rings. The van der Waals surface area contributed by atoms with Crippen molar-refractivity contribution in [3.8, 4) is 5.75 Å². The van der Waals surface area contributed by atoms with E-state index >= 15 is 0 Å². The number of nitro groups is 1. The van der Waals surface area contributed by atoms with Gasteiger partial charge in [-0.15, -0.1) is 0 Å². The van der Waals surface area contributed by atoms with Gasteiger partial charge in [0, 0.05) is 0 Å². The maximum atomic E-state index is 11.9. The van der Waals surface area contributed by atoms with Crippen molar-refractivity contribution >= 4 is 17.3 Å². The molecule has 0 spiro atoms. The van der Waals surface area contributed by atoms with Gasteiger partial charge in [0.1, 0.15) is 11.4 Å². The van der Waals surface area contributed by atoms with Crippen LogP contribution in [0.25, 0.3) is 0 Å². The molecule has 1 aromatic carbocycles. The predicted molar refractivity (Wildman–Crippen MR) is 80.3 cm³/mol. The third-order valence-corrected chi connectivity index (χ3v) is 2.80. The Bertz CT molecular complexity index is 517. The highest BCUT2D eigenvalue weighted by Crippen LogP contribution is 2.29. The fourth-order valence-electron chi connectivity index (χ4n) is 1.86. The molecule has 1 unspecified atom stereocenters. The van der Waals surface area contributed by atoms with E-state index in [9.17, 15) is 14.9 Å². The summed E-state index contributed by atoms with van der Waals surface area (Å²) in [5.41, 5.74) is 5.66. The number of anilines is 1. The molecule has 116 valence electrons. The average Bonchev–Trinajstić information content (AvgIpc) is 2.39. The van der Waals surface area contributed by atoms with Crippen LogP contribution in [0.1, 0.15) is 27.2 Å². The quantitative estimate of drug-likeness (QED) is 0.592. The second-order valence-electron chi connectivity index (χ2n) is 5.09. The first-order valence-electron chi connectivity index (χ1n) is 6.82.